The molecule has 168 valence electrons. The summed E-state index contributed by atoms with van der Waals surface area (Å²) in [6.07, 6.45) is 1.33. The summed E-state index contributed by atoms with van der Waals surface area (Å²) in [6, 6.07) is 13.2. The SMILES string of the molecule is O=C(Nc1ncn(Cc2c(F)cccc2Cl)n1)c1ccc(COc2ccccc2[N+](=O)[O-])o1. The van der Waals surface area contributed by atoms with Gasteiger partial charge in [-0.15, -0.1) is 5.10 Å². The van der Waals surface area contributed by atoms with Crippen LogP contribution in [-0.4, -0.2) is 25.6 Å². The zero-order valence-corrected chi connectivity index (χ0v) is 17.5. The number of ether oxygens (including phenoxy) is 1. The monoisotopic (exact) mass is 471 g/mol. The van der Waals surface area contributed by atoms with Gasteiger partial charge in [0.05, 0.1) is 11.5 Å². The molecule has 0 aliphatic rings. The molecule has 0 spiro atoms. The van der Waals surface area contributed by atoms with Gasteiger partial charge in [-0.2, -0.15) is 0 Å². The number of hydrogen-bond acceptors (Lipinski definition) is 7. The van der Waals surface area contributed by atoms with Crippen LogP contribution in [0.5, 0.6) is 5.75 Å². The highest BCUT2D eigenvalue weighted by Crippen LogP contribution is 2.27. The molecule has 0 unspecified atom stereocenters. The van der Waals surface area contributed by atoms with Gasteiger partial charge in [-0.3, -0.25) is 20.2 Å². The van der Waals surface area contributed by atoms with E-state index in [9.17, 15) is 19.3 Å². The number of furan rings is 1. The molecule has 0 fully saturated rings. The third-order valence-electron chi connectivity index (χ3n) is 4.46. The number of nitro benzene ring substituents is 1. The van der Waals surface area contributed by atoms with Crippen molar-refractivity contribution in [2.45, 2.75) is 13.2 Å². The van der Waals surface area contributed by atoms with Crippen LogP contribution in [-0.2, 0) is 13.2 Å². The summed E-state index contributed by atoms with van der Waals surface area (Å²) in [5, 5.41) is 17.9. The molecule has 2 aromatic carbocycles. The molecule has 0 radical (unpaired) electrons. The Labute approximate surface area is 190 Å². The highest BCUT2D eigenvalue weighted by atomic mass is 35.5. The van der Waals surface area contributed by atoms with Gasteiger partial charge in [-0.05, 0) is 30.3 Å². The van der Waals surface area contributed by atoms with Gasteiger partial charge in [0.15, 0.2) is 11.5 Å². The van der Waals surface area contributed by atoms with E-state index in [0.29, 0.717) is 0 Å². The molecule has 0 bridgehead atoms. The van der Waals surface area contributed by atoms with E-state index in [1.54, 1.807) is 12.1 Å². The summed E-state index contributed by atoms with van der Waals surface area (Å²) < 4.78 is 26.1. The van der Waals surface area contributed by atoms with Crippen molar-refractivity contribution in [1.29, 1.82) is 0 Å². The molecule has 0 aliphatic heterocycles. The van der Waals surface area contributed by atoms with E-state index in [4.69, 9.17) is 20.8 Å². The maximum Gasteiger partial charge on any atom is 0.310 e. The van der Waals surface area contributed by atoms with Gasteiger partial charge in [0, 0.05) is 16.7 Å². The summed E-state index contributed by atoms with van der Waals surface area (Å²) in [6.45, 7) is -0.0867. The second kappa shape index (κ2) is 9.49. The van der Waals surface area contributed by atoms with E-state index in [2.05, 4.69) is 15.4 Å². The van der Waals surface area contributed by atoms with Gasteiger partial charge in [-0.1, -0.05) is 29.8 Å². The number of para-hydroxylation sites is 2. The van der Waals surface area contributed by atoms with Crippen LogP contribution in [0.3, 0.4) is 0 Å². The number of nitrogens with one attached hydrogen (secondary N) is 1. The number of halogens is 2. The van der Waals surface area contributed by atoms with Crippen molar-refractivity contribution in [1.82, 2.24) is 14.8 Å². The Morgan fingerprint density at radius 2 is 2.03 bits per heavy atom. The van der Waals surface area contributed by atoms with Gasteiger partial charge in [0.1, 0.15) is 24.5 Å². The molecule has 0 saturated heterocycles. The lowest BCUT2D eigenvalue weighted by Crippen LogP contribution is -2.13. The number of carbonyl (C=O) groups is 1. The largest absolute Gasteiger partial charge is 0.479 e. The molecule has 2 heterocycles. The van der Waals surface area contributed by atoms with Crippen LogP contribution in [0.1, 0.15) is 21.9 Å². The maximum atomic E-state index is 13.9. The van der Waals surface area contributed by atoms with E-state index in [1.165, 1.54) is 53.5 Å². The van der Waals surface area contributed by atoms with Crippen LogP contribution in [0.4, 0.5) is 16.0 Å². The molecule has 1 N–H and O–H groups in total. The Morgan fingerprint density at radius 1 is 1.21 bits per heavy atom. The molecule has 0 atom stereocenters. The minimum absolute atomic E-state index is 0.0124. The summed E-state index contributed by atoms with van der Waals surface area (Å²) in [7, 11) is 0. The minimum atomic E-state index is -0.617. The molecule has 4 aromatic rings. The number of anilines is 1. The summed E-state index contributed by atoms with van der Waals surface area (Å²) in [5.41, 5.74) is 0.0663. The summed E-state index contributed by atoms with van der Waals surface area (Å²) in [4.78, 5) is 26.9. The average Bonchev–Trinajstić information content (AvgIpc) is 3.45. The first-order valence-electron chi connectivity index (χ1n) is 9.49. The number of rotatable bonds is 8. The van der Waals surface area contributed by atoms with Crippen molar-refractivity contribution in [3.8, 4) is 5.75 Å². The lowest BCUT2D eigenvalue weighted by Gasteiger charge is -2.05. The van der Waals surface area contributed by atoms with E-state index in [-0.39, 0.29) is 52.6 Å². The van der Waals surface area contributed by atoms with Crippen molar-refractivity contribution < 1.29 is 23.3 Å². The minimum Gasteiger partial charge on any atom is -0.479 e. The first-order chi connectivity index (χ1) is 15.9. The smallest absolute Gasteiger partial charge is 0.310 e. The molecule has 1 amide bonds. The van der Waals surface area contributed by atoms with Gasteiger partial charge in [-0.25, -0.2) is 14.1 Å². The molecule has 2 aromatic heterocycles. The van der Waals surface area contributed by atoms with Gasteiger partial charge >= 0.3 is 5.69 Å². The molecule has 0 aliphatic carbocycles. The normalized spacial score (nSPS) is 10.7. The second-order valence-electron chi connectivity index (χ2n) is 6.70. The van der Waals surface area contributed by atoms with Crippen LogP contribution < -0.4 is 10.1 Å². The zero-order chi connectivity index (χ0) is 23.4. The Balaban J connectivity index is 1.37. The van der Waals surface area contributed by atoms with E-state index in [0.717, 1.165) is 0 Å². The second-order valence-corrected chi connectivity index (χ2v) is 7.11. The highest BCUT2D eigenvalue weighted by Gasteiger charge is 2.17. The lowest BCUT2D eigenvalue weighted by atomic mass is 10.2. The molecule has 4 rings (SSSR count). The number of hydrogen-bond donors (Lipinski definition) is 1. The van der Waals surface area contributed by atoms with Crippen LogP contribution >= 0.6 is 11.6 Å². The Morgan fingerprint density at radius 3 is 2.82 bits per heavy atom. The van der Waals surface area contributed by atoms with Crippen molar-refractivity contribution in [3.05, 3.63) is 99.0 Å². The van der Waals surface area contributed by atoms with E-state index in [1.807, 2.05) is 0 Å². The number of amides is 1. The molecule has 0 saturated carbocycles. The Kier molecular flexibility index (Phi) is 6.31. The third-order valence-corrected chi connectivity index (χ3v) is 4.82. The molecular formula is C21H15ClFN5O5. The zero-order valence-electron chi connectivity index (χ0n) is 16.8. The Hall–Kier alpha value is -4.25. The van der Waals surface area contributed by atoms with Crippen LogP contribution in [0.2, 0.25) is 5.02 Å². The fourth-order valence-corrected chi connectivity index (χ4v) is 3.12. The first-order valence-corrected chi connectivity index (χ1v) is 9.87. The molecule has 33 heavy (non-hydrogen) atoms. The van der Waals surface area contributed by atoms with Gasteiger partial charge in [0.25, 0.3) is 5.91 Å². The lowest BCUT2D eigenvalue weighted by molar-refractivity contribution is -0.386. The van der Waals surface area contributed by atoms with Gasteiger partial charge < -0.3 is 9.15 Å². The van der Waals surface area contributed by atoms with Crippen molar-refractivity contribution in [2.24, 2.45) is 0 Å². The van der Waals surface area contributed by atoms with Crippen LogP contribution in [0, 0.1) is 15.9 Å². The van der Waals surface area contributed by atoms with Crippen molar-refractivity contribution in [2.75, 3.05) is 5.32 Å². The summed E-state index contributed by atoms with van der Waals surface area (Å²) >= 11 is 6.01. The third kappa shape index (κ3) is 5.15. The van der Waals surface area contributed by atoms with Crippen molar-refractivity contribution in [3.63, 3.8) is 0 Å². The number of nitro groups is 1. The van der Waals surface area contributed by atoms with E-state index < -0.39 is 16.6 Å². The molecule has 10 nitrogen and oxygen atoms in total. The van der Waals surface area contributed by atoms with Crippen molar-refractivity contribution >= 4 is 29.1 Å². The number of nitrogens with zero attached hydrogens (tertiary/aromatic N) is 4. The van der Waals surface area contributed by atoms with Gasteiger partial charge in [0.2, 0.25) is 5.95 Å². The topological polar surface area (TPSA) is 125 Å². The van der Waals surface area contributed by atoms with Crippen LogP contribution in [0.25, 0.3) is 0 Å². The predicted molar refractivity (Wildman–Crippen MR) is 115 cm³/mol. The fraction of sp³-hybridized carbons (Fsp3) is 0.0952. The summed E-state index contributed by atoms with van der Waals surface area (Å²) in [5.74, 6) is -0.782. The molecular weight excluding hydrogens is 457 g/mol. The first kappa shape index (κ1) is 22.0. The Bertz CT molecular complexity index is 1300. The number of benzene rings is 2. The van der Waals surface area contributed by atoms with Crippen LogP contribution in [0.15, 0.2) is 65.3 Å². The highest BCUT2D eigenvalue weighted by molar-refractivity contribution is 6.31. The maximum absolute atomic E-state index is 13.9. The standard InChI is InChI=1S/C21H15ClFN5O5/c22-15-4-3-5-16(23)14(15)10-27-12-24-21(26-27)25-20(29)19-9-8-13(33-19)11-32-18-7-2-1-6-17(18)28(30)31/h1-9,12H,10-11H2,(H,25,26,29). The average molecular weight is 472 g/mol. The molecule has 12 heteroatoms. The number of aromatic nitrogens is 3. The quantitative estimate of drug-likeness (QED) is 0.297. The fourth-order valence-electron chi connectivity index (χ4n) is 2.89. The van der Waals surface area contributed by atoms with E-state index >= 15 is 0 Å². The predicted octanol–water partition coefficient (Wildman–Crippen LogP) is 4.45. The number of carbonyl (C=O) groups excluding carboxylic acids is 1.